The zero-order chi connectivity index (χ0) is 14.8. The van der Waals surface area contributed by atoms with E-state index in [2.05, 4.69) is 12.2 Å². The first-order valence-corrected chi connectivity index (χ1v) is 8.93. The largest absolute Gasteiger partial charge is 0.465 e. The van der Waals surface area contributed by atoms with Gasteiger partial charge in [-0.2, -0.15) is 0 Å². The molecule has 1 aromatic heterocycles. The minimum Gasteiger partial charge on any atom is -0.465 e. The maximum absolute atomic E-state index is 12.0. The summed E-state index contributed by atoms with van der Waals surface area (Å²) in [6.07, 6.45) is 6.99. The van der Waals surface area contributed by atoms with E-state index in [9.17, 15) is 4.79 Å². The quantitative estimate of drug-likeness (QED) is 0.861. The molecule has 0 radical (unpaired) electrons. The Morgan fingerprint density at radius 3 is 2.95 bits per heavy atom. The number of fused-ring (bicyclic) bond motifs is 1. The average Bonchev–Trinajstić information content (AvgIpc) is 3.01. The fraction of sp³-hybridized carbons (Fsp3) is 0.750. The predicted octanol–water partition coefficient (Wildman–Crippen LogP) is 3.73. The highest BCUT2D eigenvalue weighted by atomic mass is 32.1. The molecule has 0 spiro atoms. The van der Waals surface area contributed by atoms with E-state index < -0.39 is 0 Å². The molecule has 21 heavy (non-hydrogen) atoms. The van der Waals surface area contributed by atoms with Crippen molar-refractivity contribution in [1.82, 2.24) is 4.98 Å². The molecule has 5 heteroatoms. The highest BCUT2D eigenvalue weighted by Gasteiger charge is 2.34. The molecule has 1 aromatic rings. The van der Waals surface area contributed by atoms with Crippen molar-refractivity contribution >= 4 is 22.4 Å². The Morgan fingerprint density at radius 1 is 1.38 bits per heavy atom. The van der Waals surface area contributed by atoms with Gasteiger partial charge in [0.2, 0.25) is 0 Å². The number of aryl methyl sites for hydroxylation is 1. The molecule has 2 aliphatic carbocycles. The van der Waals surface area contributed by atoms with Crippen molar-refractivity contribution in [3.63, 3.8) is 0 Å². The number of hydrogen-bond acceptors (Lipinski definition) is 5. The van der Waals surface area contributed by atoms with Gasteiger partial charge in [0.05, 0.1) is 12.3 Å². The van der Waals surface area contributed by atoms with Crippen LogP contribution in [0.15, 0.2) is 0 Å². The third kappa shape index (κ3) is 3.07. The van der Waals surface area contributed by atoms with E-state index in [0.717, 1.165) is 23.7 Å². The zero-order valence-electron chi connectivity index (χ0n) is 12.9. The number of ether oxygens (including phenoxy) is 1. The van der Waals surface area contributed by atoms with Crippen LogP contribution in [0, 0.1) is 5.92 Å². The van der Waals surface area contributed by atoms with Crippen LogP contribution in [0.2, 0.25) is 0 Å². The van der Waals surface area contributed by atoms with Crippen LogP contribution in [0.5, 0.6) is 0 Å². The first-order chi connectivity index (χ1) is 10.2. The molecule has 1 saturated carbocycles. The minimum atomic E-state index is -0.143. The second-order valence-electron chi connectivity index (χ2n) is 6.18. The molecule has 0 aromatic carbocycles. The van der Waals surface area contributed by atoms with E-state index in [1.165, 1.54) is 30.6 Å². The first-order valence-electron chi connectivity index (χ1n) is 8.11. The first kappa shape index (κ1) is 14.8. The number of thiazole rings is 1. The summed E-state index contributed by atoms with van der Waals surface area (Å²) in [7, 11) is 0. The summed E-state index contributed by atoms with van der Waals surface area (Å²) < 4.78 is 5.16. The Labute approximate surface area is 130 Å². The van der Waals surface area contributed by atoms with E-state index in [1.807, 2.05) is 6.92 Å². The summed E-state index contributed by atoms with van der Waals surface area (Å²) in [5.41, 5.74) is 0.962. The van der Waals surface area contributed by atoms with Gasteiger partial charge in [-0.1, -0.05) is 19.8 Å². The molecule has 0 bridgehead atoms. The van der Waals surface area contributed by atoms with Gasteiger partial charge in [-0.15, -0.1) is 11.3 Å². The van der Waals surface area contributed by atoms with Crippen molar-refractivity contribution in [2.45, 2.75) is 64.3 Å². The molecular formula is C16H24N2O2S. The molecule has 2 aliphatic rings. The van der Waals surface area contributed by atoms with Gasteiger partial charge in [-0.05, 0) is 38.5 Å². The molecule has 3 unspecified atom stereocenters. The van der Waals surface area contributed by atoms with Crippen molar-refractivity contribution in [1.29, 1.82) is 0 Å². The Kier molecular flexibility index (Phi) is 4.48. The van der Waals surface area contributed by atoms with Crippen LogP contribution in [0.3, 0.4) is 0 Å². The van der Waals surface area contributed by atoms with E-state index in [1.54, 1.807) is 11.3 Å². The summed E-state index contributed by atoms with van der Waals surface area (Å²) in [6.45, 7) is 4.62. The third-order valence-corrected chi connectivity index (χ3v) is 5.77. The Bertz CT molecular complexity index is 514. The summed E-state index contributed by atoms with van der Waals surface area (Å²) in [5, 5.41) is 4.60. The Morgan fingerprint density at radius 2 is 2.19 bits per heavy atom. The molecule has 4 nitrogen and oxygen atoms in total. The van der Waals surface area contributed by atoms with Gasteiger partial charge in [0, 0.05) is 10.9 Å². The molecule has 3 rings (SSSR count). The maximum Gasteiger partial charge on any atom is 0.315 e. The highest BCUT2D eigenvalue weighted by Crippen LogP contribution is 2.39. The van der Waals surface area contributed by atoms with Crippen LogP contribution >= 0.6 is 11.3 Å². The minimum absolute atomic E-state index is 0.112. The summed E-state index contributed by atoms with van der Waals surface area (Å²) in [5.74, 6) is 0.452. The van der Waals surface area contributed by atoms with Crippen molar-refractivity contribution in [3.05, 3.63) is 10.6 Å². The fourth-order valence-electron chi connectivity index (χ4n) is 3.45. The van der Waals surface area contributed by atoms with Gasteiger partial charge in [-0.25, -0.2) is 4.98 Å². The van der Waals surface area contributed by atoms with Crippen molar-refractivity contribution in [2.24, 2.45) is 5.92 Å². The molecule has 1 fully saturated rings. The second-order valence-corrected chi connectivity index (χ2v) is 7.27. The molecule has 0 amide bonds. The number of hydrogen-bond donors (Lipinski definition) is 1. The molecule has 116 valence electrons. The second kappa shape index (κ2) is 6.34. The molecule has 0 aliphatic heterocycles. The van der Waals surface area contributed by atoms with Gasteiger partial charge in [-0.3, -0.25) is 4.79 Å². The number of nitrogens with zero attached hydrogens (tertiary/aromatic N) is 1. The number of carbonyl (C=O) groups excluding carboxylic acids is 1. The molecule has 1 heterocycles. The topological polar surface area (TPSA) is 51.2 Å². The standard InChI is InChI=1S/C16H24N2O2S/c1-3-20-15(19)11-8-9-13-14(11)18-16(21-13)17-12-7-5-4-6-10(12)2/h10-12H,3-9H2,1-2H3,(H,17,18). The lowest BCUT2D eigenvalue weighted by molar-refractivity contribution is -0.145. The number of esters is 1. The van der Waals surface area contributed by atoms with Gasteiger partial charge < -0.3 is 10.1 Å². The maximum atomic E-state index is 12.0. The number of carbonyl (C=O) groups is 1. The van der Waals surface area contributed by atoms with Gasteiger partial charge in [0.15, 0.2) is 5.13 Å². The van der Waals surface area contributed by atoms with Crippen molar-refractivity contribution in [3.8, 4) is 0 Å². The number of nitrogens with one attached hydrogen (secondary N) is 1. The summed E-state index contributed by atoms with van der Waals surface area (Å²) in [4.78, 5) is 18.0. The van der Waals surface area contributed by atoms with Crippen LogP contribution in [0.4, 0.5) is 5.13 Å². The normalized spacial score (nSPS) is 28.2. The van der Waals surface area contributed by atoms with Crippen LogP contribution in [0.1, 0.15) is 62.4 Å². The van der Waals surface area contributed by atoms with Crippen LogP contribution in [-0.4, -0.2) is 23.6 Å². The predicted molar refractivity (Wildman–Crippen MR) is 84.9 cm³/mol. The van der Waals surface area contributed by atoms with E-state index in [0.29, 0.717) is 18.6 Å². The fourth-order valence-corrected chi connectivity index (χ4v) is 4.55. The lowest BCUT2D eigenvalue weighted by atomic mass is 9.86. The number of rotatable bonds is 4. The molecular weight excluding hydrogens is 284 g/mol. The molecule has 1 N–H and O–H groups in total. The Hall–Kier alpha value is -1.10. The smallest absolute Gasteiger partial charge is 0.315 e. The Balaban J connectivity index is 1.69. The average molecular weight is 308 g/mol. The lowest BCUT2D eigenvalue weighted by Crippen LogP contribution is -2.30. The summed E-state index contributed by atoms with van der Waals surface area (Å²) in [6, 6.07) is 0.533. The van der Waals surface area contributed by atoms with E-state index >= 15 is 0 Å². The highest BCUT2D eigenvalue weighted by molar-refractivity contribution is 7.15. The van der Waals surface area contributed by atoms with Gasteiger partial charge in [0.1, 0.15) is 5.92 Å². The molecule has 0 saturated heterocycles. The summed E-state index contributed by atoms with van der Waals surface area (Å²) >= 11 is 1.73. The van der Waals surface area contributed by atoms with Crippen molar-refractivity contribution < 1.29 is 9.53 Å². The van der Waals surface area contributed by atoms with Crippen LogP contribution in [-0.2, 0) is 16.0 Å². The van der Waals surface area contributed by atoms with E-state index in [4.69, 9.17) is 9.72 Å². The third-order valence-electron chi connectivity index (χ3n) is 4.71. The monoisotopic (exact) mass is 308 g/mol. The van der Waals surface area contributed by atoms with Gasteiger partial charge >= 0.3 is 5.97 Å². The van der Waals surface area contributed by atoms with Crippen LogP contribution in [0.25, 0.3) is 0 Å². The number of aromatic nitrogens is 1. The number of anilines is 1. The van der Waals surface area contributed by atoms with E-state index in [-0.39, 0.29) is 11.9 Å². The van der Waals surface area contributed by atoms with Gasteiger partial charge in [0.25, 0.3) is 0 Å². The lowest BCUT2D eigenvalue weighted by Gasteiger charge is -2.29. The molecule has 3 atom stereocenters. The SMILES string of the molecule is CCOC(=O)C1CCc2sc(NC3CCCCC3C)nc21. The van der Waals surface area contributed by atoms with Crippen molar-refractivity contribution in [2.75, 3.05) is 11.9 Å². The zero-order valence-corrected chi connectivity index (χ0v) is 13.7. The van der Waals surface area contributed by atoms with Crippen LogP contribution < -0.4 is 5.32 Å².